The number of likely N-dealkylation sites (tertiary alicyclic amines) is 1. The van der Waals surface area contributed by atoms with Gasteiger partial charge in [-0.1, -0.05) is 13.8 Å². The molecule has 0 aromatic carbocycles. The molecule has 1 N–H and O–H groups in total. The summed E-state index contributed by atoms with van der Waals surface area (Å²) in [5.41, 5.74) is 0. The lowest BCUT2D eigenvalue weighted by atomic mass is 10.0. The number of carbonyl (C=O) groups excluding carboxylic acids is 1. The Kier molecular flexibility index (Phi) is 9.37. The second-order valence-electron chi connectivity index (χ2n) is 6.78. The molecule has 130 valence electrons. The molecule has 1 heterocycles. The van der Waals surface area contributed by atoms with Crippen molar-refractivity contribution in [2.75, 3.05) is 39.3 Å². The summed E-state index contributed by atoms with van der Waals surface area (Å²) in [4.78, 5) is 16.7. The van der Waals surface area contributed by atoms with Gasteiger partial charge in [-0.2, -0.15) is 0 Å². The minimum absolute atomic E-state index is 0. The van der Waals surface area contributed by atoms with E-state index in [0.717, 1.165) is 44.9 Å². The Hall–Kier alpha value is -0.320. The third-order valence-corrected chi connectivity index (χ3v) is 4.68. The third kappa shape index (κ3) is 6.84. The lowest BCUT2D eigenvalue weighted by Gasteiger charge is -2.33. The van der Waals surface area contributed by atoms with E-state index in [1.807, 2.05) is 4.90 Å². The SMILES string of the molecule is CCCN(CCC)C(=O)CN1CCC(NCC2CC2)CC1.Cl. The first-order chi connectivity index (χ1) is 10.2. The van der Waals surface area contributed by atoms with Gasteiger partial charge in [-0.3, -0.25) is 9.69 Å². The predicted octanol–water partition coefficient (Wildman–Crippen LogP) is 2.52. The van der Waals surface area contributed by atoms with E-state index in [-0.39, 0.29) is 12.4 Å². The van der Waals surface area contributed by atoms with Gasteiger partial charge in [0.15, 0.2) is 0 Å². The number of hydrogen-bond donors (Lipinski definition) is 1. The number of rotatable bonds is 9. The molecular formula is C17H34ClN3O. The van der Waals surface area contributed by atoms with Crippen LogP contribution >= 0.6 is 12.4 Å². The van der Waals surface area contributed by atoms with Crippen LogP contribution in [0, 0.1) is 5.92 Å². The van der Waals surface area contributed by atoms with Crippen LogP contribution in [0.1, 0.15) is 52.4 Å². The van der Waals surface area contributed by atoms with Crippen molar-refractivity contribution in [3.05, 3.63) is 0 Å². The maximum Gasteiger partial charge on any atom is 0.236 e. The Morgan fingerprint density at radius 1 is 1.09 bits per heavy atom. The molecule has 0 aromatic heterocycles. The van der Waals surface area contributed by atoms with Crippen LogP contribution in [0.15, 0.2) is 0 Å². The van der Waals surface area contributed by atoms with Gasteiger partial charge in [0, 0.05) is 32.2 Å². The zero-order valence-corrected chi connectivity index (χ0v) is 15.2. The van der Waals surface area contributed by atoms with Gasteiger partial charge in [-0.25, -0.2) is 0 Å². The number of halogens is 1. The molecule has 1 saturated heterocycles. The first-order valence-corrected chi connectivity index (χ1v) is 8.96. The molecule has 2 rings (SSSR count). The largest absolute Gasteiger partial charge is 0.342 e. The van der Waals surface area contributed by atoms with Gasteiger partial charge in [0.05, 0.1) is 6.54 Å². The fourth-order valence-electron chi connectivity index (χ4n) is 3.14. The molecule has 1 aliphatic heterocycles. The number of nitrogens with zero attached hydrogens (tertiary/aromatic N) is 2. The van der Waals surface area contributed by atoms with E-state index in [1.165, 1.54) is 32.2 Å². The molecule has 0 atom stereocenters. The van der Waals surface area contributed by atoms with Crippen molar-refractivity contribution >= 4 is 18.3 Å². The van der Waals surface area contributed by atoms with Gasteiger partial charge in [0.25, 0.3) is 0 Å². The minimum atomic E-state index is 0. The van der Waals surface area contributed by atoms with Crippen LogP contribution in [0.3, 0.4) is 0 Å². The van der Waals surface area contributed by atoms with Crippen molar-refractivity contribution in [3.63, 3.8) is 0 Å². The van der Waals surface area contributed by atoms with E-state index in [9.17, 15) is 4.79 Å². The fourth-order valence-corrected chi connectivity index (χ4v) is 3.14. The maximum absolute atomic E-state index is 12.4. The molecule has 1 aliphatic carbocycles. The minimum Gasteiger partial charge on any atom is -0.342 e. The topological polar surface area (TPSA) is 35.6 Å². The molecule has 2 fully saturated rings. The average Bonchev–Trinajstić information content (AvgIpc) is 3.30. The van der Waals surface area contributed by atoms with E-state index < -0.39 is 0 Å². The molecule has 0 bridgehead atoms. The first kappa shape index (κ1) is 19.7. The number of piperidine rings is 1. The highest BCUT2D eigenvalue weighted by atomic mass is 35.5. The van der Waals surface area contributed by atoms with Crippen LogP contribution < -0.4 is 5.32 Å². The summed E-state index contributed by atoms with van der Waals surface area (Å²) in [5, 5.41) is 3.70. The summed E-state index contributed by atoms with van der Waals surface area (Å²) in [7, 11) is 0. The number of amides is 1. The summed E-state index contributed by atoms with van der Waals surface area (Å²) in [6, 6.07) is 0.680. The molecule has 2 aliphatic rings. The predicted molar refractivity (Wildman–Crippen MR) is 94.6 cm³/mol. The number of nitrogens with one attached hydrogen (secondary N) is 1. The monoisotopic (exact) mass is 331 g/mol. The standard InChI is InChI=1S/C17H33N3O.ClH/c1-3-9-20(10-4-2)17(21)14-19-11-7-16(8-12-19)18-13-15-5-6-15;/h15-16,18H,3-14H2,1-2H3;1H. The molecule has 5 heteroatoms. The van der Waals surface area contributed by atoms with E-state index in [2.05, 4.69) is 24.1 Å². The van der Waals surface area contributed by atoms with Gasteiger partial charge in [0.2, 0.25) is 5.91 Å². The Morgan fingerprint density at radius 2 is 1.68 bits per heavy atom. The number of hydrogen-bond acceptors (Lipinski definition) is 3. The smallest absolute Gasteiger partial charge is 0.236 e. The Morgan fingerprint density at radius 3 is 2.18 bits per heavy atom. The van der Waals surface area contributed by atoms with Crippen molar-refractivity contribution in [1.29, 1.82) is 0 Å². The highest BCUT2D eigenvalue weighted by molar-refractivity contribution is 5.85. The van der Waals surface area contributed by atoms with Crippen molar-refractivity contribution in [1.82, 2.24) is 15.1 Å². The quantitative estimate of drug-likeness (QED) is 0.705. The lowest BCUT2D eigenvalue weighted by molar-refractivity contribution is -0.132. The van der Waals surface area contributed by atoms with Crippen LogP contribution in [0.4, 0.5) is 0 Å². The summed E-state index contributed by atoms with van der Waals surface area (Å²) >= 11 is 0. The van der Waals surface area contributed by atoms with Gasteiger partial charge < -0.3 is 10.2 Å². The van der Waals surface area contributed by atoms with Crippen LogP contribution in [-0.2, 0) is 4.79 Å². The fraction of sp³-hybridized carbons (Fsp3) is 0.941. The summed E-state index contributed by atoms with van der Waals surface area (Å²) in [5.74, 6) is 1.28. The first-order valence-electron chi connectivity index (χ1n) is 8.96. The Balaban J connectivity index is 0.00000242. The molecule has 0 unspecified atom stereocenters. The van der Waals surface area contributed by atoms with Crippen molar-refractivity contribution in [3.8, 4) is 0 Å². The zero-order chi connectivity index (χ0) is 15.1. The van der Waals surface area contributed by atoms with Gasteiger partial charge in [-0.15, -0.1) is 12.4 Å². The second-order valence-corrected chi connectivity index (χ2v) is 6.78. The average molecular weight is 332 g/mol. The number of carbonyl (C=O) groups is 1. The van der Waals surface area contributed by atoms with Crippen molar-refractivity contribution < 1.29 is 4.79 Å². The molecule has 4 nitrogen and oxygen atoms in total. The molecule has 22 heavy (non-hydrogen) atoms. The zero-order valence-electron chi connectivity index (χ0n) is 14.4. The van der Waals surface area contributed by atoms with E-state index >= 15 is 0 Å². The van der Waals surface area contributed by atoms with Gasteiger partial charge in [0.1, 0.15) is 0 Å². The maximum atomic E-state index is 12.4. The van der Waals surface area contributed by atoms with Crippen LogP contribution in [0.5, 0.6) is 0 Å². The highest BCUT2D eigenvalue weighted by Crippen LogP contribution is 2.28. The van der Waals surface area contributed by atoms with Crippen molar-refractivity contribution in [2.45, 2.75) is 58.4 Å². The van der Waals surface area contributed by atoms with Crippen LogP contribution in [0.25, 0.3) is 0 Å². The molecule has 0 radical (unpaired) electrons. The molecular weight excluding hydrogens is 298 g/mol. The van der Waals surface area contributed by atoms with E-state index in [1.54, 1.807) is 0 Å². The van der Waals surface area contributed by atoms with Gasteiger partial charge in [-0.05, 0) is 51.0 Å². The van der Waals surface area contributed by atoms with Gasteiger partial charge >= 0.3 is 0 Å². The highest BCUT2D eigenvalue weighted by Gasteiger charge is 2.25. The van der Waals surface area contributed by atoms with Crippen molar-refractivity contribution in [2.24, 2.45) is 5.92 Å². The van der Waals surface area contributed by atoms with Crippen LogP contribution in [0.2, 0.25) is 0 Å². The summed E-state index contributed by atoms with van der Waals surface area (Å²) in [6.07, 6.45) is 7.34. The summed E-state index contributed by atoms with van der Waals surface area (Å²) in [6.45, 7) is 10.1. The van der Waals surface area contributed by atoms with Crippen LogP contribution in [-0.4, -0.2) is 61.0 Å². The normalized spacial score (nSPS) is 19.7. The Bertz CT molecular complexity index is 309. The van der Waals surface area contributed by atoms with E-state index in [0.29, 0.717) is 18.5 Å². The molecule has 1 saturated carbocycles. The molecule has 1 amide bonds. The van der Waals surface area contributed by atoms with E-state index in [4.69, 9.17) is 0 Å². The molecule has 0 aromatic rings. The third-order valence-electron chi connectivity index (χ3n) is 4.68. The lowest BCUT2D eigenvalue weighted by Crippen LogP contribution is -2.47. The Labute approximate surface area is 142 Å². The second kappa shape index (κ2) is 10.5. The summed E-state index contributed by atoms with van der Waals surface area (Å²) < 4.78 is 0. The molecule has 0 spiro atoms.